The second kappa shape index (κ2) is 13.3. The number of para-hydroxylation sites is 2. The molecule has 0 amide bonds. The summed E-state index contributed by atoms with van der Waals surface area (Å²) in [7, 11) is 0. The van der Waals surface area contributed by atoms with E-state index in [1.807, 2.05) is 6.07 Å². The molecule has 0 saturated carbocycles. The highest BCUT2D eigenvalue weighted by atomic mass is 32.1. The Kier molecular flexibility index (Phi) is 7.64. The Morgan fingerprint density at radius 1 is 0.339 bits per heavy atom. The molecule has 0 aliphatic heterocycles. The van der Waals surface area contributed by atoms with E-state index in [9.17, 15) is 0 Å². The average Bonchev–Trinajstić information content (AvgIpc) is 3.82. The third kappa shape index (κ3) is 5.40. The third-order valence-electron chi connectivity index (χ3n) is 10.7. The Labute approximate surface area is 327 Å². The molecule has 8 aromatic carbocycles. The van der Waals surface area contributed by atoms with Crippen LogP contribution in [0.4, 0.5) is 0 Å². The van der Waals surface area contributed by atoms with Gasteiger partial charge >= 0.3 is 0 Å². The lowest BCUT2D eigenvalue weighted by atomic mass is 9.99. The lowest BCUT2D eigenvalue weighted by molar-refractivity contribution is 1.08. The quantitative estimate of drug-likeness (QED) is 0.171. The van der Waals surface area contributed by atoms with Crippen LogP contribution in [-0.4, -0.2) is 19.5 Å². The molecule has 11 aromatic rings. The van der Waals surface area contributed by atoms with E-state index in [4.69, 9.17) is 15.0 Å². The number of benzene rings is 8. The van der Waals surface area contributed by atoms with Crippen LogP contribution in [0.5, 0.6) is 0 Å². The number of thiophene rings is 1. The number of aromatic nitrogens is 4. The molecule has 5 heteroatoms. The van der Waals surface area contributed by atoms with Crippen molar-refractivity contribution < 1.29 is 0 Å². The summed E-state index contributed by atoms with van der Waals surface area (Å²) in [6.07, 6.45) is 0. The molecule has 0 bridgehead atoms. The predicted octanol–water partition coefficient (Wildman–Crippen LogP) is 13.7. The van der Waals surface area contributed by atoms with E-state index < -0.39 is 0 Å². The molecule has 0 aliphatic carbocycles. The van der Waals surface area contributed by atoms with Crippen molar-refractivity contribution in [2.24, 2.45) is 0 Å². The zero-order valence-corrected chi connectivity index (χ0v) is 31.0. The van der Waals surface area contributed by atoms with Crippen LogP contribution in [0.2, 0.25) is 0 Å². The third-order valence-corrected chi connectivity index (χ3v) is 11.9. The second-order valence-electron chi connectivity index (χ2n) is 14.0. The van der Waals surface area contributed by atoms with Crippen LogP contribution >= 0.6 is 11.3 Å². The molecule has 56 heavy (non-hydrogen) atoms. The summed E-state index contributed by atoms with van der Waals surface area (Å²) in [5.41, 5.74) is 10.8. The predicted molar refractivity (Wildman–Crippen MR) is 234 cm³/mol. The summed E-state index contributed by atoms with van der Waals surface area (Å²) in [6.45, 7) is 0. The standard InChI is InChI=1S/C51H32N4S/c1-3-15-33(16-4-1)38-21-7-8-24-43(38)50-52-49(53-51(54-50)44-26-14-25-42-41-23-10-12-28-47(41)56-48(42)44)36-18-13-17-34(31-36)35-29-30-40-39-22-9-11-27-45(39)55(46(40)32-35)37-19-5-2-6-20-37/h1-32H. The fourth-order valence-electron chi connectivity index (χ4n) is 8.06. The molecule has 11 rings (SSSR count). The van der Waals surface area contributed by atoms with Crippen molar-refractivity contribution in [1.82, 2.24) is 19.5 Å². The van der Waals surface area contributed by atoms with Gasteiger partial charge in [-0.05, 0) is 64.7 Å². The van der Waals surface area contributed by atoms with Gasteiger partial charge in [0, 0.05) is 53.3 Å². The van der Waals surface area contributed by atoms with Crippen LogP contribution in [0.3, 0.4) is 0 Å². The number of hydrogen-bond acceptors (Lipinski definition) is 4. The van der Waals surface area contributed by atoms with Crippen molar-refractivity contribution in [2.45, 2.75) is 0 Å². The van der Waals surface area contributed by atoms with Gasteiger partial charge in [0.1, 0.15) is 0 Å². The molecule has 3 aromatic heterocycles. The first kappa shape index (κ1) is 32.2. The van der Waals surface area contributed by atoms with Crippen LogP contribution < -0.4 is 0 Å². The molecule has 262 valence electrons. The van der Waals surface area contributed by atoms with Gasteiger partial charge in [-0.1, -0.05) is 152 Å². The van der Waals surface area contributed by atoms with Gasteiger partial charge in [0.05, 0.1) is 11.0 Å². The average molecular weight is 733 g/mol. The Hall–Kier alpha value is -7.21. The highest BCUT2D eigenvalue weighted by molar-refractivity contribution is 7.26. The molecule has 0 radical (unpaired) electrons. The van der Waals surface area contributed by atoms with Crippen LogP contribution in [0.15, 0.2) is 194 Å². The minimum atomic E-state index is 0.632. The second-order valence-corrected chi connectivity index (χ2v) is 15.1. The summed E-state index contributed by atoms with van der Waals surface area (Å²) in [6, 6.07) is 68.5. The van der Waals surface area contributed by atoms with Gasteiger partial charge in [-0.3, -0.25) is 0 Å². The van der Waals surface area contributed by atoms with Crippen molar-refractivity contribution in [3.63, 3.8) is 0 Å². The highest BCUT2D eigenvalue weighted by Gasteiger charge is 2.19. The fourth-order valence-corrected chi connectivity index (χ4v) is 9.27. The van der Waals surface area contributed by atoms with Gasteiger partial charge in [0.25, 0.3) is 0 Å². The number of fused-ring (bicyclic) bond motifs is 6. The summed E-state index contributed by atoms with van der Waals surface area (Å²) in [4.78, 5) is 15.8. The smallest absolute Gasteiger partial charge is 0.165 e. The van der Waals surface area contributed by atoms with E-state index in [0.717, 1.165) is 44.6 Å². The maximum atomic E-state index is 5.27. The molecule has 0 saturated heterocycles. The van der Waals surface area contributed by atoms with Crippen molar-refractivity contribution >= 4 is 53.3 Å². The normalized spacial score (nSPS) is 11.6. The Morgan fingerprint density at radius 2 is 0.911 bits per heavy atom. The molecule has 0 unspecified atom stereocenters. The van der Waals surface area contributed by atoms with E-state index in [1.165, 1.54) is 42.0 Å². The SMILES string of the molecule is c1ccc(-c2ccccc2-c2nc(-c3cccc(-c4ccc5c6ccccc6n(-c6ccccc6)c5c4)c3)nc(-c3cccc4c3sc3ccccc34)n2)cc1. The van der Waals surface area contributed by atoms with Crippen LogP contribution in [0.1, 0.15) is 0 Å². The number of nitrogens with zero attached hydrogens (tertiary/aromatic N) is 4. The first-order valence-corrected chi connectivity index (χ1v) is 19.6. The summed E-state index contributed by atoms with van der Waals surface area (Å²) in [5.74, 6) is 1.93. The first-order valence-electron chi connectivity index (χ1n) is 18.8. The molecule has 0 atom stereocenters. The summed E-state index contributed by atoms with van der Waals surface area (Å²) >= 11 is 1.79. The van der Waals surface area contributed by atoms with Gasteiger partial charge in [-0.25, -0.2) is 15.0 Å². The first-order chi connectivity index (χ1) is 27.8. The maximum Gasteiger partial charge on any atom is 0.165 e. The zero-order valence-electron chi connectivity index (χ0n) is 30.2. The van der Waals surface area contributed by atoms with Crippen molar-refractivity contribution in [3.05, 3.63) is 194 Å². The Balaban J connectivity index is 1.11. The molecular formula is C51H32N4S. The van der Waals surface area contributed by atoms with Gasteiger partial charge in [0.15, 0.2) is 17.5 Å². The van der Waals surface area contributed by atoms with E-state index in [2.05, 4.69) is 193 Å². The van der Waals surface area contributed by atoms with E-state index in [1.54, 1.807) is 11.3 Å². The molecule has 4 nitrogen and oxygen atoms in total. The molecular weight excluding hydrogens is 701 g/mol. The van der Waals surface area contributed by atoms with Crippen molar-refractivity contribution in [3.8, 4) is 62.1 Å². The topological polar surface area (TPSA) is 43.6 Å². The summed E-state index contributed by atoms with van der Waals surface area (Å²) in [5, 5.41) is 4.92. The van der Waals surface area contributed by atoms with Crippen LogP contribution in [0, 0.1) is 0 Å². The van der Waals surface area contributed by atoms with E-state index >= 15 is 0 Å². The fraction of sp³-hybridized carbons (Fsp3) is 0. The van der Waals surface area contributed by atoms with Crippen molar-refractivity contribution in [1.29, 1.82) is 0 Å². The lowest BCUT2D eigenvalue weighted by Gasteiger charge is -2.13. The van der Waals surface area contributed by atoms with Crippen LogP contribution in [0.25, 0.3) is 104 Å². The number of rotatable bonds is 6. The van der Waals surface area contributed by atoms with Crippen molar-refractivity contribution in [2.75, 3.05) is 0 Å². The van der Waals surface area contributed by atoms with Gasteiger partial charge in [0.2, 0.25) is 0 Å². The summed E-state index contributed by atoms with van der Waals surface area (Å²) < 4.78 is 4.78. The van der Waals surface area contributed by atoms with Gasteiger partial charge in [-0.15, -0.1) is 11.3 Å². The molecule has 0 fully saturated rings. The molecule has 3 heterocycles. The number of hydrogen-bond donors (Lipinski definition) is 0. The Bertz CT molecular complexity index is 3250. The minimum absolute atomic E-state index is 0.632. The van der Waals surface area contributed by atoms with Crippen LogP contribution in [-0.2, 0) is 0 Å². The lowest BCUT2D eigenvalue weighted by Crippen LogP contribution is -2.01. The monoisotopic (exact) mass is 732 g/mol. The largest absolute Gasteiger partial charge is 0.309 e. The van der Waals surface area contributed by atoms with Gasteiger partial charge in [-0.2, -0.15) is 0 Å². The molecule has 0 N–H and O–H groups in total. The molecule has 0 spiro atoms. The Morgan fingerprint density at radius 3 is 1.77 bits per heavy atom. The van der Waals surface area contributed by atoms with Gasteiger partial charge < -0.3 is 4.57 Å². The van der Waals surface area contributed by atoms with E-state index in [-0.39, 0.29) is 0 Å². The zero-order chi connectivity index (χ0) is 37.0. The highest BCUT2D eigenvalue weighted by Crippen LogP contribution is 2.41. The maximum absolute atomic E-state index is 5.27. The van der Waals surface area contributed by atoms with E-state index in [0.29, 0.717) is 17.5 Å². The minimum Gasteiger partial charge on any atom is -0.309 e. The molecule has 0 aliphatic rings.